The van der Waals surface area contributed by atoms with Gasteiger partial charge in [-0.3, -0.25) is 9.69 Å². The molecule has 1 aliphatic rings. The lowest BCUT2D eigenvalue weighted by atomic mass is 10.1. The molecule has 2 heterocycles. The number of benzene rings is 2. The van der Waals surface area contributed by atoms with E-state index in [1.54, 1.807) is 6.92 Å². The van der Waals surface area contributed by atoms with Gasteiger partial charge < -0.3 is 9.42 Å². The van der Waals surface area contributed by atoms with Gasteiger partial charge in [-0.15, -0.1) is 0 Å². The summed E-state index contributed by atoms with van der Waals surface area (Å²) in [6, 6.07) is 17.7. The second-order valence-electron chi connectivity index (χ2n) is 6.74. The maximum Gasteiger partial charge on any atom is 0.241 e. The number of carbonyl (C=O) groups excluding carboxylic acids is 1. The molecule has 0 amide bonds. The van der Waals surface area contributed by atoms with Crippen LogP contribution in [-0.4, -0.2) is 47.0 Å². The maximum absolute atomic E-state index is 11.4. The molecule has 27 heavy (non-hydrogen) atoms. The van der Waals surface area contributed by atoms with E-state index in [1.165, 1.54) is 0 Å². The summed E-state index contributed by atoms with van der Waals surface area (Å²) in [5.74, 6) is 1.38. The highest BCUT2D eigenvalue weighted by Gasteiger charge is 2.20. The van der Waals surface area contributed by atoms with Gasteiger partial charge in [-0.2, -0.15) is 4.98 Å². The summed E-state index contributed by atoms with van der Waals surface area (Å²) in [7, 11) is 0. The molecule has 0 N–H and O–H groups in total. The monoisotopic (exact) mass is 362 g/mol. The minimum Gasteiger partial charge on any atom is -0.369 e. The molecule has 138 valence electrons. The topological polar surface area (TPSA) is 62.5 Å². The van der Waals surface area contributed by atoms with Crippen LogP contribution in [0.5, 0.6) is 0 Å². The van der Waals surface area contributed by atoms with Crippen molar-refractivity contribution in [3.05, 3.63) is 66.1 Å². The number of aromatic nitrogens is 2. The van der Waals surface area contributed by atoms with E-state index in [4.69, 9.17) is 4.52 Å². The summed E-state index contributed by atoms with van der Waals surface area (Å²) < 4.78 is 5.42. The molecule has 1 fully saturated rings. The molecule has 6 heteroatoms. The summed E-state index contributed by atoms with van der Waals surface area (Å²) in [6.07, 6.45) is 0. The molecule has 0 atom stereocenters. The van der Waals surface area contributed by atoms with Crippen molar-refractivity contribution in [1.82, 2.24) is 15.0 Å². The van der Waals surface area contributed by atoms with Crippen molar-refractivity contribution in [2.24, 2.45) is 0 Å². The number of anilines is 1. The van der Waals surface area contributed by atoms with Crippen LogP contribution in [0.4, 0.5) is 5.69 Å². The Morgan fingerprint density at radius 2 is 1.70 bits per heavy atom. The average Bonchev–Trinajstić information content (AvgIpc) is 3.18. The second-order valence-corrected chi connectivity index (χ2v) is 6.74. The first-order valence-electron chi connectivity index (χ1n) is 9.15. The summed E-state index contributed by atoms with van der Waals surface area (Å²) >= 11 is 0. The van der Waals surface area contributed by atoms with E-state index in [0.717, 1.165) is 43.0 Å². The lowest BCUT2D eigenvalue weighted by molar-refractivity contribution is 0.101. The van der Waals surface area contributed by atoms with Gasteiger partial charge in [-0.05, 0) is 31.2 Å². The Morgan fingerprint density at radius 3 is 2.37 bits per heavy atom. The molecule has 6 nitrogen and oxygen atoms in total. The van der Waals surface area contributed by atoms with Gasteiger partial charge in [0.25, 0.3) is 0 Å². The van der Waals surface area contributed by atoms with Gasteiger partial charge in [0.15, 0.2) is 5.78 Å². The van der Waals surface area contributed by atoms with Gasteiger partial charge in [0.1, 0.15) is 0 Å². The number of rotatable bonds is 5. The summed E-state index contributed by atoms with van der Waals surface area (Å²) in [5, 5.41) is 4.09. The Hall–Kier alpha value is -2.99. The first kappa shape index (κ1) is 17.4. The first-order chi connectivity index (χ1) is 13.2. The van der Waals surface area contributed by atoms with E-state index >= 15 is 0 Å². The van der Waals surface area contributed by atoms with Crippen LogP contribution < -0.4 is 4.90 Å². The van der Waals surface area contributed by atoms with Gasteiger partial charge in [-0.25, -0.2) is 0 Å². The Morgan fingerprint density at radius 1 is 1.00 bits per heavy atom. The zero-order valence-electron chi connectivity index (χ0n) is 15.3. The number of carbonyl (C=O) groups is 1. The fraction of sp³-hybridized carbons (Fsp3) is 0.286. The Balaban J connectivity index is 1.33. The van der Waals surface area contributed by atoms with Crippen LogP contribution in [0.1, 0.15) is 23.2 Å². The van der Waals surface area contributed by atoms with E-state index in [9.17, 15) is 4.79 Å². The Labute approximate surface area is 158 Å². The zero-order valence-corrected chi connectivity index (χ0v) is 15.3. The van der Waals surface area contributed by atoms with E-state index in [2.05, 4.69) is 19.9 Å². The predicted octanol–water partition coefficient (Wildman–Crippen LogP) is 3.26. The van der Waals surface area contributed by atoms with Crippen LogP contribution in [0.15, 0.2) is 59.1 Å². The molecular formula is C21H22N4O2. The van der Waals surface area contributed by atoms with Crippen LogP contribution >= 0.6 is 0 Å². The predicted molar refractivity (Wildman–Crippen MR) is 104 cm³/mol. The van der Waals surface area contributed by atoms with Crippen molar-refractivity contribution in [2.75, 3.05) is 31.1 Å². The lowest BCUT2D eigenvalue weighted by Crippen LogP contribution is -2.46. The largest absolute Gasteiger partial charge is 0.369 e. The quantitative estimate of drug-likeness (QED) is 0.649. The highest BCUT2D eigenvalue weighted by atomic mass is 16.5. The second kappa shape index (κ2) is 7.72. The highest BCUT2D eigenvalue weighted by Crippen LogP contribution is 2.19. The van der Waals surface area contributed by atoms with E-state index in [1.807, 2.05) is 54.6 Å². The number of hydrogen-bond acceptors (Lipinski definition) is 6. The molecule has 4 rings (SSSR count). The van der Waals surface area contributed by atoms with Crippen molar-refractivity contribution >= 4 is 11.5 Å². The van der Waals surface area contributed by atoms with E-state index < -0.39 is 0 Å². The van der Waals surface area contributed by atoms with Crippen LogP contribution in [0.25, 0.3) is 11.4 Å². The van der Waals surface area contributed by atoms with Crippen LogP contribution in [0, 0.1) is 0 Å². The summed E-state index contributed by atoms with van der Waals surface area (Å²) in [4.78, 5) is 20.6. The number of nitrogens with zero attached hydrogens (tertiary/aromatic N) is 4. The third kappa shape index (κ3) is 4.06. The molecular weight excluding hydrogens is 340 g/mol. The highest BCUT2D eigenvalue weighted by molar-refractivity contribution is 5.94. The molecule has 0 bridgehead atoms. The Bertz CT molecular complexity index is 897. The molecule has 0 unspecified atom stereocenters. The van der Waals surface area contributed by atoms with Gasteiger partial charge in [0.2, 0.25) is 11.7 Å². The molecule has 1 aromatic heterocycles. The SMILES string of the molecule is CC(=O)c1ccc(N2CCN(Cc3nc(-c4ccccc4)no3)CC2)cc1. The van der Waals surface area contributed by atoms with Crippen LogP contribution in [-0.2, 0) is 6.54 Å². The number of piperazine rings is 1. The number of Topliss-reactive ketones (excluding diaryl/α,β-unsaturated/α-hetero) is 1. The molecule has 1 saturated heterocycles. The van der Waals surface area contributed by atoms with Crippen molar-refractivity contribution in [2.45, 2.75) is 13.5 Å². The molecule has 1 aliphatic heterocycles. The van der Waals surface area contributed by atoms with E-state index in [0.29, 0.717) is 18.3 Å². The number of ketones is 1. The van der Waals surface area contributed by atoms with Crippen LogP contribution in [0.2, 0.25) is 0 Å². The fourth-order valence-corrected chi connectivity index (χ4v) is 3.29. The first-order valence-corrected chi connectivity index (χ1v) is 9.15. The minimum atomic E-state index is 0.0980. The molecule has 0 radical (unpaired) electrons. The van der Waals surface area contributed by atoms with Crippen LogP contribution in [0.3, 0.4) is 0 Å². The smallest absolute Gasteiger partial charge is 0.241 e. The molecule has 2 aromatic carbocycles. The third-order valence-electron chi connectivity index (χ3n) is 4.87. The lowest BCUT2D eigenvalue weighted by Gasteiger charge is -2.35. The van der Waals surface area contributed by atoms with E-state index in [-0.39, 0.29) is 5.78 Å². The van der Waals surface area contributed by atoms with Crippen molar-refractivity contribution in [3.8, 4) is 11.4 Å². The summed E-state index contributed by atoms with van der Waals surface area (Å²) in [5.41, 5.74) is 2.87. The Kier molecular flexibility index (Phi) is 4.98. The standard InChI is InChI=1S/C21H22N4O2/c1-16(26)17-7-9-19(10-8-17)25-13-11-24(12-14-25)15-20-22-21(23-27-20)18-5-3-2-4-6-18/h2-10H,11-15H2,1H3. The minimum absolute atomic E-state index is 0.0980. The van der Waals surface area contributed by atoms with Crippen molar-refractivity contribution in [3.63, 3.8) is 0 Å². The molecule has 0 saturated carbocycles. The van der Waals surface area contributed by atoms with Gasteiger partial charge in [0.05, 0.1) is 6.54 Å². The molecule has 0 aliphatic carbocycles. The van der Waals surface area contributed by atoms with Gasteiger partial charge in [0, 0.05) is 43.0 Å². The van der Waals surface area contributed by atoms with Crippen molar-refractivity contribution in [1.29, 1.82) is 0 Å². The van der Waals surface area contributed by atoms with Gasteiger partial charge in [-0.1, -0.05) is 35.5 Å². The average molecular weight is 362 g/mol. The van der Waals surface area contributed by atoms with Gasteiger partial charge >= 0.3 is 0 Å². The zero-order chi connectivity index (χ0) is 18.6. The summed E-state index contributed by atoms with van der Waals surface area (Å²) in [6.45, 7) is 5.97. The number of hydrogen-bond donors (Lipinski definition) is 0. The normalized spacial score (nSPS) is 15.1. The third-order valence-corrected chi connectivity index (χ3v) is 4.87. The van der Waals surface area contributed by atoms with Crippen molar-refractivity contribution < 1.29 is 9.32 Å². The maximum atomic E-state index is 11.4. The molecule has 3 aromatic rings. The molecule has 0 spiro atoms. The fourth-order valence-electron chi connectivity index (χ4n) is 3.29.